The minimum Gasteiger partial charge on any atom is -0.383 e. The second-order valence-corrected chi connectivity index (χ2v) is 3.22. The fourth-order valence-corrected chi connectivity index (χ4v) is 0.839. The molecule has 0 saturated carbocycles. The first kappa shape index (κ1) is 9.92. The van der Waals surface area contributed by atoms with Gasteiger partial charge in [0.25, 0.3) is 0 Å². The Kier molecular flexibility index (Phi) is 4.65. The van der Waals surface area contributed by atoms with Crippen molar-refractivity contribution in [2.45, 2.75) is 26.8 Å². The van der Waals surface area contributed by atoms with Crippen molar-refractivity contribution in [1.29, 1.82) is 0 Å². The van der Waals surface area contributed by atoms with E-state index in [1.54, 1.807) is 7.11 Å². The average Bonchev–Trinajstić information content (AvgIpc) is 1.87. The standard InChI is InChI=1S/C8H19NO/c1-6(2)7(3)8(9)5-10-4/h6-8H,5,9H2,1-4H3. The highest BCUT2D eigenvalue weighted by atomic mass is 16.5. The molecule has 2 atom stereocenters. The normalized spacial score (nSPS) is 17.4. The number of ether oxygens (including phenoxy) is 1. The first-order valence-electron chi connectivity index (χ1n) is 3.84. The molecule has 10 heavy (non-hydrogen) atoms. The third-order valence-electron chi connectivity index (χ3n) is 2.09. The van der Waals surface area contributed by atoms with Gasteiger partial charge < -0.3 is 10.5 Å². The van der Waals surface area contributed by atoms with E-state index >= 15 is 0 Å². The molecule has 0 rings (SSSR count). The summed E-state index contributed by atoms with van der Waals surface area (Å²) in [6, 6.07) is 0.185. The minimum absolute atomic E-state index is 0.185. The molecule has 0 radical (unpaired) electrons. The van der Waals surface area contributed by atoms with Gasteiger partial charge in [0.2, 0.25) is 0 Å². The molecule has 2 unspecified atom stereocenters. The summed E-state index contributed by atoms with van der Waals surface area (Å²) in [4.78, 5) is 0. The van der Waals surface area contributed by atoms with E-state index in [1.807, 2.05) is 0 Å². The van der Waals surface area contributed by atoms with E-state index in [2.05, 4.69) is 20.8 Å². The lowest BCUT2D eigenvalue weighted by Gasteiger charge is -2.22. The molecule has 0 amide bonds. The van der Waals surface area contributed by atoms with Crippen molar-refractivity contribution >= 4 is 0 Å². The lowest BCUT2D eigenvalue weighted by Crippen LogP contribution is -2.35. The summed E-state index contributed by atoms with van der Waals surface area (Å²) in [5.41, 5.74) is 5.80. The molecule has 0 aromatic rings. The van der Waals surface area contributed by atoms with E-state index in [-0.39, 0.29) is 6.04 Å². The van der Waals surface area contributed by atoms with E-state index in [0.717, 1.165) is 0 Å². The average molecular weight is 145 g/mol. The largest absolute Gasteiger partial charge is 0.383 e. The summed E-state index contributed by atoms with van der Waals surface area (Å²) < 4.78 is 4.95. The number of hydrogen-bond acceptors (Lipinski definition) is 2. The van der Waals surface area contributed by atoms with Gasteiger partial charge in [0.15, 0.2) is 0 Å². The maximum atomic E-state index is 5.80. The summed E-state index contributed by atoms with van der Waals surface area (Å²) in [7, 11) is 1.69. The van der Waals surface area contributed by atoms with Crippen molar-refractivity contribution in [2.24, 2.45) is 17.6 Å². The molecule has 0 fully saturated rings. The van der Waals surface area contributed by atoms with Crippen molar-refractivity contribution < 1.29 is 4.74 Å². The quantitative estimate of drug-likeness (QED) is 0.646. The maximum absolute atomic E-state index is 5.80. The fourth-order valence-electron chi connectivity index (χ4n) is 0.839. The van der Waals surface area contributed by atoms with Gasteiger partial charge in [-0.1, -0.05) is 20.8 Å². The zero-order chi connectivity index (χ0) is 8.15. The number of methoxy groups -OCH3 is 1. The molecule has 2 N–H and O–H groups in total. The van der Waals surface area contributed by atoms with E-state index in [4.69, 9.17) is 10.5 Å². The van der Waals surface area contributed by atoms with Crippen molar-refractivity contribution in [3.05, 3.63) is 0 Å². The molecular formula is C8H19NO. The van der Waals surface area contributed by atoms with Gasteiger partial charge in [0.05, 0.1) is 6.61 Å². The smallest absolute Gasteiger partial charge is 0.0616 e. The van der Waals surface area contributed by atoms with E-state index in [9.17, 15) is 0 Å². The van der Waals surface area contributed by atoms with Crippen LogP contribution in [-0.4, -0.2) is 19.8 Å². The van der Waals surface area contributed by atoms with Gasteiger partial charge in [-0.15, -0.1) is 0 Å². The molecule has 0 aliphatic rings. The lowest BCUT2D eigenvalue weighted by atomic mass is 9.91. The van der Waals surface area contributed by atoms with Crippen LogP contribution < -0.4 is 5.73 Å². The molecule has 0 aromatic heterocycles. The predicted molar refractivity (Wildman–Crippen MR) is 43.9 cm³/mol. The summed E-state index contributed by atoms with van der Waals surface area (Å²) in [6.07, 6.45) is 0. The molecule has 0 bridgehead atoms. The van der Waals surface area contributed by atoms with E-state index in [1.165, 1.54) is 0 Å². The van der Waals surface area contributed by atoms with Crippen LogP contribution in [-0.2, 0) is 4.74 Å². The Balaban J connectivity index is 3.58. The Hall–Kier alpha value is -0.0800. The van der Waals surface area contributed by atoms with Crippen LogP contribution in [0.5, 0.6) is 0 Å². The fraction of sp³-hybridized carbons (Fsp3) is 1.00. The van der Waals surface area contributed by atoms with E-state index in [0.29, 0.717) is 18.4 Å². The molecule has 0 aliphatic heterocycles. The highest BCUT2D eigenvalue weighted by Gasteiger charge is 2.15. The van der Waals surface area contributed by atoms with Gasteiger partial charge in [-0.25, -0.2) is 0 Å². The predicted octanol–water partition coefficient (Wildman–Crippen LogP) is 1.25. The van der Waals surface area contributed by atoms with Crippen LogP contribution in [0.2, 0.25) is 0 Å². The Morgan fingerprint density at radius 2 is 1.80 bits per heavy atom. The highest BCUT2D eigenvalue weighted by molar-refractivity contribution is 4.70. The Morgan fingerprint density at radius 3 is 2.10 bits per heavy atom. The highest BCUT2D eigenvalue weighted by Crippen LogP contribution is 2.12. The van der Waals surface area contributed by atoms with Crippen LogP contribution in [0.25, 0.3) is 0 Å². The molecule has 0 heterocycles. The topological polar surface area (TPSA) is 35.2 Å². The first-order chi connectivity index (χ1) is 4.59. The van der Waals surface area contributed by atoms with Crippen molar-refractivity contribution in [3.8, 4) is 0 Å². The molecule has 0 aliphatic carbocycles. The third-order valence-corrected chi connectivity index (χ3v) is 2.09. The van der Waals surface area contributed by atoms with Crippen LogP contribution in [0.3, 0.4) is 0 Å². The second-order valence-electron chi connectivity index (χ2n) is 3.22. The van der Waals surface area contributed by atoms with Crippen molar-refractivity contribution in [2.75, 3.05) is 13.7 Å². The molecule has 0 spiro atoms. The van der Waals surface area contributed by atoms with Crippen molar-refractivity contribution in [1.82, 2.24) is 0 Å². The van der Waals surface area contributed by atoms with Gasteiger partial charge >= 0.3 is 0 Å². The lowest BCUT2D eigenvalue weighted by molar-refractivity contribution is 0.148. The zero-order valence-electron chi connectivity index (χ0n) is 7.42. The Morgan fingerprint density at radius 1 is 1.30 bits per heavy atom. The maximum Gasteiger partial charge on any atom is 0.0616 e. The van der Waals surface area contributed by atoms with Gasteiger partial charge in [0, 0.05) is 13.2 Å². The van der Waals surface area contributed by atoms with Crippen LogP contribution in [0.4, 0.5) is 0 Å². The SMILES string of the molecule is COCC(N)C(C)C(C)C. The molecule has 2 nitrogen and oxygen atoms in total. The molecule has 0 aromatic carbocycles. The second kappa shape index (κ2) is 4.69. The minimum atomic E-state index is 0.185. The monoisotopic (exact) mass is 145 g/mol. The molecule has 2 heteroatoms. The summed E-state index contributed by atoms with van der Waals surface area (Å²) in [5.74, 6) is 1.19. The molecular weight excluding hydrogens is 126 g/mol. The number of nitrogens with two attached hydrogens (primary N) is 1. The van der Waals surface area contributed by atoms with Crippen LogP contribution in [0.1, 0.15) is 20.8 Å². The summed E-state index contributed by atoms with van der Waals surface area (Å²) in [5, 5.41) is 0. The van der Waals surface area contributed by atoms with Gasteiger partial charge in [-0.2, -0.15) is 0 Å². The van der Waals surface area contributed by atoms with Crippen LogP contribution in [0.15, 0.2) is 0 Å². The molecule has 62 valence electrons. The van der Waals surface area contributed by atoms with E-state index < -0.39 is 0 Å². The van der Waals surface area contributed by atoms with Gasteiger partial charge in [0.1, 0.15) is 0 Å². The first-order valence-corrected chi connectivity index (χ1v) is 3.84. The van der Waals surface area contributed by atoms with Crippen molar-refractivity contribution in [3.63, 3.8) is 0 Å². The molecule has 0 saturated heterocycles. The van der Waals surface area contributed by atoms with Gasteiger partial charge in [-0.3, -0.25) is 0 Å². The number of hydrogen-bond donors (Lipinski definition) is 1. The summed E-state index contributed by atoms with van der Waals surface area (Å²) in [6.45, 7) is 7.19. The van der Waals surface area contributed by atoms with Gasteiger partial charge in [-0.05, 0) is 11.8 Å². The zero-order valence-corrected chi connectivity index (χ0v) is 7.42. The third kappa shape index (κ3) is 3.18. The Labute approximate surface area is 63.7 Å². The van der Waals surface area contributed by atoms with Crippen LogP contribution in [0, 0.1) is 11.8 Å². The number of rotatable bonds is 4. The summed E-state index contributed by atoms with van der Waals surface area (Å²) >= 11 is 0. The Bertz CT molecular complexity index is 83.3. The van der Waals surface area contributed by atoms with Crippen LogP contribution >= 0.6 is 0 Å².